The fourth-order valence-electron chi connectivity index (χ4n) is 2.74. The van der Waals surface area contributed by atoms with Crippen LogP contribution in [-0.4, -0.2) is 23.5 Å². The third-order valence-corrected chi connectivity index (χ3v) is 3.90. The first-order chi connectivity index (χ1) is 10.1. The maximum atomic E-state index is 12.2. The van der Waals surface area contributed by atoms with Crippen LogP contribution < -0.4 is 11.1 Å². The summed E-state index contributed by atoms with van der Waals surface area (Å²) in [5, 5.41) is 11.5. The van der Waals surface area contributed by atoms with Crippen LogP contribution in [0.15, 0.2) is 30.3 Å². The molecule has 0 saturated heterocycles. The van der Waals surface area contributed by atoms with Gasteiger partial charge in [-0.25, -0.2) is 4.79 Å². The smallest absolute Gasteiger partial charge is 0.328 e. The van der Waals surface area contributed by atoms with Crippen LogP contribution in [0.5, 0.6) is 0 Å². The van der Waals surface area contributed by atoms with Crippen LogP contribution in [0.4, 0.5) is 5.69 Å². The molecule has 0 aliphatic heterocycles. The fraction of sp³-hybridized carbons (Fsp3) is 0.375. The molecule has 4 N–H and O–H groups in total. The summed E-state index contributed by atoms with van der Waals surface area (Å²) in [5.41, 5.74) is 7.19. The Morgan fingerprint density at radius 1 is 1.29 bits per heavy atom. The molecule has 2 rings (SSSR count). The van der Waals surface area contributed by atoms with E-state index in [1.807, 2.05) is 0 Å². The summed E-state index contributed by atoms with van der Waals surface area (Å²) in [6.45, 7) is 0.553. The Bertz CT molecular complexity index is 537. The number of nitrogens with one attached hydrogen (secondary N) is 1. The highest BCUT2D eigenvalue weighted by Crippen LogP contribution is 2.31. The lowest BCUT2D eigenvalue weighted by Crippen LogP contribution is -2.29. The molecule has 0 spiro atoms. The van der Waals surface area contributed by atoms with Gasteiger partial charge in [-0.3, -0.25) is 4.79 Å². The summed E-state index contributed by atoms with van der Waals surface area (Å²) in [6.07, 6.45) is 5.56. The summed E-state index contributed by atoms with van der Waals surface area (Å²) < 4.78 is 0. The molecule has 1 aromatic rings. The number of nitrogens with two attached hydrogens (primary N) is 1. The van der Waals surface area contributed by atoms with Crippen molar-refractivity contribution in [2.24, 2.45) is 17.6 Å². The van der Waals surface area contributed by atoms with Crippen molar-refractivity contribution < 1.29 is 14.7 Å². The fourth-order valence-corrected chi connectivity index (χ4v) is 2.74. The second-order valence-corrected chi connectivity index (χ2v) is 5.32. The number of hydrogen-bond donors (Lipinski definition) is 3. The van der Waals surface area contributed by atoms with Gasteiger partial charge < -0.3 is 16.2 Å². The van der Waals surface area contributed by atoms with Crippen molar-refractivity contribution in [2.75, 3.05) is 11.9 Å². The van der Waals surface area contributed by atoms with Crippen LogP contribution in [0.25, 0.3) is 6.08 Å². The molecule has 2 unspecified atom stereocenters. The van der Waals surface area contributed by atoms with E-state index < -0.39 is 5.97 Å². The molecule has 21 heavy (non-hydrogen) atoms. The monoisotopic (exact) mass is 288 g/mol. The zero-order valence-corrected chi connectivity index (χ0v) is 11.8. The minimum absolute atomic E-state index is 0.00147. The number of benzene rings is 1. The van der Waals surface area contributed by atoms with E-state index in [1.54, 1.807) is 24.3 Å². The molecule has 0 bridgehead atoms. The number of carbonyl (C=O) groups excluding carboxylic acids is 1. The number of aliphatic carboxylic acids is 1. The molecule has 1 aromatic carbocycles. The van der Waals surface area contributed by atoms with Gasteiger partial charge in [-0.15, -0.1) is 0 Å². The first kappa shape index (κ1) is 15.3. The summed E-state index contributed by atoms with van der Waals surface area (Å²) in [7, 11) is 0. The van der Waals surface area contributed by atoms with Crippen LogP contribution in [0.3, 0.4) is 0 Å². The Kier molecular flexibility index (Phi) is 5.11. The van der Waals surface area contributed by atoms with Crippen LogP contribution in [0.2, 0.25) is 0 Å². The van der Waals surface area contributed by atoms with Crippen LogP contribution in [0.1, 0.15) is 24.8 Å². The van der Waals surface area contributed by atoms with Crippen molar-refractivity contribution in [2.45, 2.75) is 19.3 Å². The molecule has 5 nitrogen and oxygen atoms in total. The summed E-state index contributed by atoms with van der Waals surface area (Å²) in [4.78, 5) is 22.7. The van der Waals surface area contributed by atoms with Crippen LogP contribution in [0, 0.1) is 11.8 Å². The zero-order chi connectivity index (χ0) is 15.2. The molecule has 1 aliphatic rings. The minimum Gasteiger partial charge on any atom is -0.478 e. The van der Waals surface area contributed by atoms with Gasteiger partial charge in [0.2, 0.25) is 5.91 Å². The predicted molar refractivity (Wildman–Crippen MR) is 81.6 cm³/mol. The van der Waals surface area contributed by atoms with E-state index in [2.05, 4.69) is 5.32 Å². The summed E-state index contributed by atoms with van der Waals surface area (Å²) >= 11 is 0. The highest BCUT2D eigenvalue weighted by Gasteiger charge is 2.31. The number of hydrogen-bond acceptors (Lipinski definition) is 3. The normalized spacial score (nSPS) is 21.6. The van der Waals surface area contributed by atoms with Gasteiger partial charge in [-0.05, 0) is 49.1 Å². The van der Waals surface area contributed by atoms with Crippen molar-refractivity contribution in [3.05, 3.63) is 35.9 Å². The number of carboxylic acids is 1. The molecule has 1 saturated carbocycles. The molecule has 1 fully saturated rings. The zero-order valence-electron chi connectivity index (χ0n) is 11.8. The molecule has 112 valence electrons. The Labute approximate surface area is 123 Å². The van der Waals surface area contributed by atoms with E-state index in [9.17, 15) is 9.59 Å². The van der Waals surface area contributed by atoms with E-state index in [-0.39, 0.29) is 17.7 Å². The topological polar surface area (TPSA) is 92.4 Å². The van der Waals surface area contributed by atoms with Crippen molar-refractivity contribution >= 4 is 23.6 Å². The van der Waals surface area contributed by atoms with Gasteiger partial charge in [0.05, 0.1) is 0 Å². The molecular weight excluding hydrogens is 268 g/mol. The van der Waals surface area contributed by atoms with Crippen LogP contribution in [-0.2, 0) is 9.59 Å². The molecular formula is C16H20N2O3. The second-order valence-electron chi connectivity index (χ2n) is 5.32. The molecule has 0 aromatic heterocycles. The molecule has 0 radical (unpaired) electrons. The Balaban J connectivity index is 1.97. The van der Waals surface area contributed by atoms with E-state index in [0.717, 1.165) is 36.6 Å². The van der Waals surface area contributed by atoms with Gasteiger partial charge in [0.15, 0.2) is 0 Å². The van der Waals surface area contributed by atoms with E-state index in [4.69, 9.17) is 10.8 Å². The average Bonchev–Trinajstić information content (AvgIpc) is 2.95. The maximum Gasteiger partial charge on any atom is 0.328 e. The van der Waals surface area contributed by atoms with Gasteiger partial charge in [0, 0.05) is 17.7 Å². The molecule has 1 aliphatic carbocycles. The predicted octanol–water partition coefficient (Wildman–Crippen LogP) is 2.10. The number of rotatable bonds is 5. The van der Waals surface area contributed by atoms with Crippen molar-refractivity contribution in [3.63, 3.8) is 0 Å². The minimum atomic E-state index is -0.985. The molecule has 2 atom stereocenters. The van der Waals surface area contributed by atoms with E-state index in [0.29, 0.717) is 6.54 Å². The molecule has 5 heteroatoms. The lowest BCUT2D eigenvalue weighted by atomic mass is 9.95. The Morgan fingerprint density at radius 3 is 2.62 bits per heavy atom. The van der Waals surface area contributed by atoms with Gasteiger partial charge in [0.1, 0.15) is 0 Å². The van der Waals surface area contributed by atoms with E-state index >= 15 is 0 Å². The summed E-state index contributed by atoms with van der Waals surface area (Å²) in [6, 6.07) is 7.08. The van der Waals surface area contributed by atoms with Crippen molar-refractivity contribution in [1.29, 1.82) is 0 Å². The third kappa shape index (κ3) is 4.16. The third-order valence-electron chi connectivity index (χ3n) is 3.90. The lowest BCUT2D eigenvalue weighted by molar-refractivity contribution is -0.131. The van der Waals surface area contributed by atoms with Gasteiger partial charge >= 0.3 is 5.97 Å². The second kappa shape index (κ2) is 7.04. The quantitative estimate of drug-likeness (QED) is 0.723. The number of amides is 1. The number of carboxylic acid groups (broad SMARTS) is 1. The molecule has 0 heterocycles. The van der Waals surface area contributed by atoms with Gasteiger partial charge in [0.25, 0.3) is 0 Å². The number of anilines is 1. The Hall–Kier alpha value is -2.14. The first-order valence-electron chi connectivity index (χ1n) is 7.12. The highest BCUT2D eigenvalue weighted by atomic mass is 16.4. The number of carbonyl (C=O) groups is 2. The van der Waals surface area contributed by atoms with Crippen molar-refractivity contribution in [1.82, 2.24) is 0 Å². The Morgan fingerprint density at radius 2 is 2.00 bits per heavy atom. The van der Waals surface area contributed by atoms with Crippen molar-refractivity contribution in [3.8, 4) is 0 Å². The standard InChI is InChI=1S/C16H20N2O3/c17-10-12-2-1-3-14(12)16(21)18-13-7-4-11(5-8-13)6-9-15(19)20/h4-9,12,14H,1-3,10,17H2,(H,18,21)(H,19,20)/b9-6+. The average molecular weight is 288 g/mol. The SMILES string of the molecule is NCC1CCCC1C(=O)Nc1ccc(/C=C/C(=O)O)cc1. The van der Waals surface area contributed by atoms with Crippen LogP contribution >= 0.6 is 0 Å². The highest BCUT2D eigenvalue weighted by molar-refractivity contribution is 5.93. The largest absolute Gasteiger partial charge is 0.478 e. The van der Waals surface area contributed by atoms with Gasteiger partial charge in [-0.2, -0.15) is 0 Å². The van der Waals surface area contributed by atoms with Gasteiger partial charge in [-0.1, -0.05) is 18.6 Å². The lowest BCUT2D eigenvalue weighted by Gasteiger charge is -2.17. The first-order valence-corrected chi connectivity index (χ1v) is 7.12. The molecule has 1 amide bonds. The maximum absolute atomic E-state index is 12.2. The summed E-state index contributed by atoms with van der Waals surface area (Å²) in [5.74, 6) is -0.678. The van der Waals surface area contributed by atoms with E-state index in [1.165, 1.54) is 6.08 Å².